The topological polar surface area (TPSA) is 55.8 Å². The van der Waals surface area contributed by atoms with Crippen molar-refractivity contribution in [3.63, 3.8) is 0 Å². The van der Waals surface area contributed by atoms with Crippen LogP contribution in [0, 0.1) is 12.7 Å². The molecule has 0 amide bonds. The number of hydrogen-bond donors (Lipinski definition) is 0. The van der Waals surface area contributed by atoms with Crippen molar-refractivity contribution in [1.29, 1.82) is 0 Å². The zero-order valence-electron chi connectivity index (χ0n) is 14.3. The molecule has 0 radical (unpaired) electrons. The van der Waals surface area contributed by atoms with Gasteiger partial charge in [0.2, 0.25) is 10.0 Å². The molecule has 0 aromatic heterocycles. The number of benzene rings is 1. The molecule has 24 heavy (non-hydrogen) atoms. The molecule has 0 bridgehead atoms. The smallest absolute Gasteiger partial charge is 0.243 e. The van der Waals surface area contributed by atoms with Gasteiger partial charge in [0, 0.05) is 20.8 Å². The summed E-state index contributed by atoms with van der Waals surface area (Å²) >= 11 is 0. The van der Waals surface area contributed by atoms with Gasteiger partial charge in [-0.2, -0.15) is 4.31 Å². The number of aryl methyl sites for hydroxylation is 1. The van der Waals surface area contributed by atoms with Crippen LogP contribution in [0.15, 0.2) is 23.1 Å². The standard InChI is InChI=1S/C17H24FNO4S/c1-12-4-5-13(18)10-15(12)24(20,21)19-9-8-17(23-3)7-6-14(22-2)11-16(17)19/h4-5,10,14,16H,6-9,11H2,1-3H3/t14-,16-,17+/m0/s1. The molecule has 1 heterocycles. The number of sulfonamides is 1. The fourth-order valence-corrected chi connectivity index (χ4v) is 6.03. The third-order valence-electron chi connectivity index (χ3n) is 5.56. The Morgan fingerprint density at radius 2 is 2.04 bits per heavy atom. The molecule has 2 aliphatic rings. The molecule has 2 fully saturated rings. The third-order valence-corrected chi connectivity index (χ3v) is 7.61. The summed E-state index contributed by atoms with van der Waals surface area (Å²) in [6.07, 6.45) is 2.88. The molecule has 5 nitrogen and oxygen atoms in total. The average Bonchev–Trinajstić information content (AvgIpc) is 2.96. The lowest BCUT2D eigenvalue weighted by molar-refractivity contribution is -0.0847. The quantitative estimate of drug-likeness (QED) is 0.831. The molecule has 0 unspecified atom stereocenters. The van der Waals surface area contributed by atoms with E-state index in [-0.39, 0.29) is 17.0 Å². The van der Waals surface area contributed by atoms with Crippen LogP contribution in [-0.2, 0) is 19.5 Å². The first kappa shape index (κ1) is 17.8. The lowest BCUT2D eigenvalue weighted by atomic mass is 9.79. The number of rotatable bonds is 4. The summed E-state index contributed by atoms with van der Waals surface area (Å²) in [4.78, 5) is 0.0361. The zero-order chi connectivity index (χ0) is 17.5. The summed E-state index contributed by atoms with van der Waals surface area (Å²) in [6.45, 7) is 2.07. The minimum atomic E-state index is -3.78. The van der Waals surface area contributed by atoms with Crippen LogP contribution in [0.5, 0.6) is 0 Å². The van der Waals surface area contributed by atoms with Gasteiger partial charge in [0.1, 0.15) is 5.82 Å². The minimum absolute atomic E-state index is 0.0164. The van der Waals surface area contributed by atoms with Crippen LogP contribution in [0.1, 0.15) is 31.2 Å². The Hall–Kier alpha value is -1.02. The Morgan fingerprint density at radius 3 is 2.71 bits per heavy atom. The summed E-state index contributed by atoms with van der Waals surface area (Å²) in [5.74, 6) is -0.546. The van der Waals surface area contributed by atoms with Gasteiger partial charge in [-0.05, 0) is 50.3 Å². The molecule has 1 saturated heterocycles. The summed E-state index contributed by atoms with van der Waals surface area (Å²) in [5.41, 5.74) is 0.0778. The van der Waals surface area contributed by atoms with Gasteiger partial charge in [-0.1, -0.05) is 6.07 Å². The average molecular weight is 357 g/mol. The number of methoxy groups -OCH3 is 2. The highest BCUT2D eigenvalue weighted by molar-refractivity contribution is 7.89. The van der Waals surface area contributed by atoms with Crippen molar-refractivity contribution < 1.29 is 22.3 Å². The number of nitrogens with zero attached hydrogens (tertiary/aromatic N) is 1. The van der Waals surface area contributed by atoms with Crippen LogP contribution in [0.2, 0.25) is 0 Å². The van der Waals surface area contributed by atoms with Gasteiger partial charge in [0.15, 0.2) is 0 Å². The Kier molecular flexibility index (Phi) is 4.72. The highest BCUT2D eigenvalue weighted by atomic mass is 32.2. The second kappa shape index (κ2) is 6.37. The van der Waals surface area contributed by atoms with E-state index in [1.54, 1.807) is 21.1 Å². The molecule has 1 aromatic carbocycles. The van der Waals surface area contributed by atoms with Gasteiger partial charge < -0.3 is 9.47 Å². The molecule has 3 rings (SSSR count). The second-order valence-corrected chi connectivity index (χ2v) is 8.55. The Labute approximate surface area is 142 Å². The normalized spacial score (nSPS) is 31.2. The molecule has 7 heteroatoms. The molecule has 0 spiro atoms. The highest BCUT2D eigenvalue weighted by Gasteiger charge is 2.54. The van der Waals surface area contributed by atoms with Gasteiger partial charge in [-0.15, -0.1) is 0 Å². The number of fused-ring (bicyclic) bond motifs is 1. The predicted octanol–water partition coefficient (Wildman–Crippen LogP) is 2.48. The highest BCUT2D eigenvalue weighted by Crippen LogP contribution is 2.45. The van der Waals surface area contributed by atoms with Crippen LogP contribution in [-0.4, -0.2) is 51.2 Å². The van der Waals surface area contributed by atoms with E-state index in [2.05, 4.69) is 0 Å². The molecular formula is C17H24FNO4S. The van der Waals surface area contributed by atoms with E-state index in [9.17, 15) is 12.8 Å². The van der Waals surface area contributed by atoms with Crippen LogP contribution in [0.3, 0.4) is 0 Å². The van der Waals surface area contributed by atoms with Crippen molar-refractivity contribution in [2.45, 2.75) is 55.2 Å². The van der Waals surface area contributed by atoms with Gasteiger partial charge in [-0.3, -0.25) is 0 Å². The maximum Gasteiger partial charge on any atom is 0.243 e. The minimum Gasteiger partial charge on any atom is -0.381 e. The van der Waals surface area contributed by atoms with Gasteiger partial charge >= 0.3 is 0 Å². The van der Waals surface area contributed by atoms with Crippen molar-refractivity contribution in [3.05, 3.63) is 29.6 Å². The Balaban J connectivity index is 2.00. The monoisotopic (exact) mass is 357 g/mol. The summed E-state index contributed by atoms with van der Waals surface area (Å²) in [6, 6.07) is 3.60. The lowest BCUT2D eigenvalue weighted by Crippen LogP contribution is -2.53. The fourth-order valence-electron chi connectivity index (χ4n) is 4.10. The van der Waals surface area contributed by atoms with Crippen molar-refractivity contribution in [3.8, 4) is 0 Å². The molecule has 1 aliphatic carbocycles. The van der Waals surface area contributed by atoms with Crippen molar-refractivity contribution in [2.24, 2.45) is 0 Å². The Morgan fingerprint density at radius 1 is 1.29 bits per heavy atom. The molecule has 1 saturated carbocycles. The molecule has 3 atom stereocenters. The maximum atomic E-state index is 13.6. The van der Waals surface area contributed by atoms with Crippen LogP contribution >= 0.6 is 0 Å². The van der Waals surface area contributed by atoms with E-state index in [0.717, 1.165) is 18.9 Å². The molecule has 134 valence electrons. The van der Waals surface area contributed by atoms with E-state index in [4.69, 9.17) is 9.47 Å². The SMILES string of the molecule is CO[C@H]1CC[C@@]2(OC)CCN(S(=O)(=O)c3cc(F)ccc3C)[C@H]2C1. The Bertz CT molecular complexity index is 723. The van der Waals surface area contributed by atoms with E-state index in [1.807, 2.05) is 0 Å². The van der Waals surface area contributed by atoms with Gasteiger partial charge in [-0.25, -0.2) is 12.8 Å². The maximum absolute atomic E-state index is 13.6. The predicted molar refractivity (Wildman–Crippen MR) is 87.8 cm³/mol. The van der Waals surface area contributed by atoms with Crippen molar-refractivity contribution in [1.82, 2.24) is 4.31 Å². The molecule has 0 N–H and O–H groups in total. The van der Waals surface area contributed by atoms with Crippen LogP contribution in [0.25, 0.3) is 0 Å². The van der Waals surface area contributed by atoms with Gasteiger partial charge in [0.05, 0.1) is 22.6 Å². The summed E-state index contributed by atoms with van der Waals surface area (Å²) in [7, 11) is -0.494. The largest absolute Gasteiger partial charge is 0.381 e. The van der Waals surface area contributed by atoms with E-state index >= 15 is 0 Å². The molecule has 1 aliphatic heterocycles. The lowest BCUT2D eigenvalue weighted by Gasteiger charge is -2.42. The number of halogens is 1. The number of ether oxygens (including phenoxy) is 2. The number of hydrogen-bond acceptors (Lipinski definition) is 4. The molecular weight excluding hydrogens is 333 g/mol. The molecule has 1 aromatic rings. The third kappa shape index (κ3) is 2.77. The summed E-state index contributed by atoms with van der Waals surface area (Å²) < 4.78 is 52.7. The van der Waals surface area contributed by atoms with Gasteiger partial charge in [0.25, 0.3) is 0 Å². The van der Waals surface area contributed by atoms with E-state index in [0.29, 0.717) is 24.9 Å². The first-order valence-electron chi connectivity index (χ1n) is 8.20. The first-order chi connectivity index (χ1) is 11.3. The fraction of sp³-hybridized carbons (Fsp3) is 0.647. The van der Waals surface area contributed by atoms with E-state index < -0.39 is 21.4 Å². The van der Waals surface area contributed by atoms with E-state index in [1.165, 1.54) is 16.4 Å². The second-order valence-electron chi connectivity index (χ2n) is 6.69. The van der Waals surface area contributed by atoms with Crippen LogP contribution in [0.4, 0.5) is 4.39 Å². The van der Waals surface area contributed by atoms with Crippen molar-refractivity contribution in [2.75, 3.05) is 20.8 Å². The summed E-state index contributed by atoms with van der Waals surface area (Å²) in [5, 5.41) is 0. The zero-order valence-corrected chi connectivity index (χ0v) is 15.1. The van der Waals surface area contributed by atoms with Crippen molar-refractivity contribution >= 4 is 10.0 Å². The van der Waals surface area contributed by atoms with Crippen LogP contribution < -0.4 is 0 Å². The first-order valence-corrected chi connectivity index (χ1v) is 9.64.